The summed E-state index contributed by atoms with van der Waals surface area (Å²) >= 11 is 1.64. The zero-order valence-corrected chi connectivity index (χ0v) is 19.4. The van der Waals surface area contributed by atoms with Gasteiger partial charge in [0.1, 0.15) is 6.61 Å². The lowest BCUT2D eigenvalue weighted by Crippen LogP contribution is -2.35. The summed E-state index contributed by atoms with van der Waals surface area (Å²) in [6.45, 7) is -0.814. The molecule has 6 nitrogen and oxygen atoms in total. The highest BCUT2D eigenvalue weighted by Crippen LogP contribution is 2.24. The molecule has 33 heavy (non-hydrogen) atoms. The number of aliphatic hydroxyl groups is 1. The van der Waals surface area contributed by atoms with Gasteiger partial charge in [-0.2, -0.15) is 24.9 Å². The zero-order chi connectivity index (χ0) is 24.3. The molecule has 1 fully saturated rings. The van der Waals surface area contributed by atoms with E-state index in [9.17, 15) is 27.9 Å². The third-order valence-electron chi connectivity index (χ3n) is 5.44. The molecule has 1 aliphatic heterocycles. The van der Waals surface area contributed by atoms with Crippen LogP contribution in [-0.2, 0) is 27.4 Å². The van der Waals surface area contributed by atoms with Crippen molar-refractivity contribution in [3.05, 3.63) is 35.4 Å². The number of carboxylic acids is 1. The van der Waals surface area contributed by atoms with E-state index in [4.69, 9.17) is 9.84 Å². The molecular weight excluding hydrogens is 459 g/mol. The van der Waals surface area contributed by atoms with E-state index in [0.717, 1.165) is 23.5 Å². The Morgan fingerprint density at radius 2 is 2.03 bits per heavy atom. The summed E-state index contributed by atoms with van der Waals surface area (Å²) in [7, 11) is 0. The van der Waals surface area contributed by atoms with Gasteiger partial charge in [0.2, 0.25) is 5.91 Å². The van der Waals surface area contributed by atoms with Gasteiger partial charge in [0.05, 0.1) is 12.7 Å². The van der Waals surface area contributed by atoms with Gasteiger partial charge in [-0.05, 0) is 49.0 Å². The Morgan fingerprint density at radius 1 is 1.27 bits per heavy atom. The average Bonchev–Trinajstić information content (AvgIpc) is 3.07. The lowest BCUT2D eigenvalue weighted by Gasteiger charge is -2.25. The van der Waals surface area contributed by atoms with Crippen LogP contribution in [-0.4, -0.2) is 70.0 Å². The van der Waals surface area contributed by atoms with Crippen molar-refractivity contribution >= 4 is 23.6 Å². The van der Waals surface area contributed by atoms with Crippen LogP contribution in [0.25, 0.3) is 0 Å². The van der Waals surface area contributed by atoms with E-state index in [2.05, 4.69) is 0 Å². The minimum absolute atomic E-state index is 0.0915. The van der Waals surface area contributed by atoms with Crippen LogP contribution in [0.1, 0.15) is 49.7 Å². The molecule has 2 atom stereocenters. The predicted molar refractivity (Wildman–Crippen MR) is 120 cm³/mol. The monoisotopic (exact) mass is 491 g/mol. The Hall–Kier alpha value is -1.78. The molecule has 0 aliphatic carbocycles. The van der Waals surface area contributed by atoms with Gasteiger partial charge in [-0.1, -0.05) is 24.3 Å². The van der Waals surface area contributed by atoms with Crippen molar-refractivity contribution in [2.75, 3.05) is 24.7 Å². The first-order chi connectivity index (χ1) is 15.6. The number of aliphatic hydroxyl groups excluding tert-OH is 1. The van der Waals surface area contributed by atoms with Gasteiger partial charge >= 0.3 is 12.1 Å². The second kappa shape index (κ2) is 13.8. The highest BCUT2D eigenvalue weighted by molar-refractivity contribution is 7.99. The molecule has 0 unspecified atom stereocenters. The molecule has 0 aromatic heterocycles. The van der Waals surface area contributed by atoms with E-state index in [-0.39, 0.29) is 25.0 Å². The van der Waals surface area contributed by atoms with E-state index < -0.39 is 24.9 Å². The molecule has 1 aromatic carbocycles. The molecule has 1 heterocycles. The number of thioether (sulfide) groups is 1. The highest BCUT2D eigenvalue weighted by Gasteiger charge is 2.30. The first-order valence-corrected chi connectivity index (χ1v) is 12.3. The van der Waals surface area contributed by atoms with Crippen LogP contribution in [0.2, 0.25) is 0 Å². The summed E-state index contributed by atoms with van der Waals surface area (Å²) in [6, 6.07) is 7.08. The van der Waals surface area contributed by atoms with E-state index in [1.807, 2.05) is 11.0 Å². The maximum atomic E-state index is 12.2. The second-order valence-corrected chi connectivity index (χ2v) is 9.48. The number of carbonyl (C=O) groups excluding carboxylic acids is 1. The van der Waals surface area contributed by atoms with Gasteiger partial charge in [-0.3, -0.25) is 9.59 Å². The van der Waals surface area contributed by atoms with Crippen LogP contribution < -0.4 is 0 Å². The van der Waals surface area contributed by atoms with Gasteiger partial charge in [-0.25, -0.2) is 0 Å². The number of carbonyl (C=O) groups is 2. The number of hydrogen-bond donors (Lipinski definition) is 2. The number of amides is 1. The quantitative estimate of drug-likeness (QED) is 0.360. The molecular formula is C23H32F3NO5S. The fraction of sp³-hybridized carbons (Fsp3) is 0.652. The number of rotatable bonds is 15. The van der Waals surface area contributed by atoms with Crippen LogP contribution in [0.5, 0.6) is 0 Å². The van der Waals surface area contributed by atoms with E-state index in [0.29, 0.717) is 44.2 Å². The molecule has 1 amide bonds. The highest BCUT2D eigenvalue weighted by atomic mass is 32.2. The summed E-state index contributed by atoms with van der Waals surface area (Å²) in [5.41, 5.74) is 1.45. The fourth-order valence-electron chi connectivity index (χ4n) is 3.88. The van der Waals surface area contributed by atoms with E-state index >= 15 is 0 Å². The van der Waals surface area contributed by atoms with E-state index in [1.165, 1.54) is 0 Å². The maximum Gasteiger partial charge on any atom is 0.411 e. The summed E-state index contributed by atoms with van der Waals surface area (Å²) < 4.78 is 41.3. The molecule has 0 radical (unpaired) electrons. The zero-order valence-electron chi connectivity index (χ0n) is 18.6. The lowest BCUT2D eigenvalue weighted by atomic mass is 9.99. The van der Waals surface area contributed by atoms with Gasteiger partial charge in [0, 0.05) is 31.2 Å². The number of benzene rings is 1. The topological polar surface area (TPSA) is 87.1 Å². The molecule has 0 bridgehead atoms. The standard InChI is InChI=1S/C23H32F3NO5S/c24-23(25,26)16-32-15-18-4-1-3-17(13-18)14-20(28)8-6-19-7-9-21(29)27(19)10-12-33-11-2-5-22(30)31/h1,3-4,13,19-20,28H,2,5-12,14-16H2,(H,30,31)/t19-,20+/m0/s1. The first kappa shape index (κ1) is 27.5. The van der Waals surface area contributed by atoms with Crippen LogP contribution in [0.3, 0.4) is 0 Å². The summed E-state index contributed by atoms with van der Waals surface area (Å²) in [6.07, 6.45) is -1.35. The average molecular weight is 492 g/mol. The molecule has 186 valence electrons. The van der Waals surface area contributed by atoms with Crippen molar-refractivity contribution < 1.29 is 37.7 Å². The summed E-state index contributed by atoms with van der Waals surface area (Å²) in [4.78, 5) is 24.6. The van der Waals surface area contributed by atoms with Crippen LogP contribution in [0.15, 0.2) is 24.3 Å². The molecule has 0 saturated carbocycles. The first-order valence-electron chi connectivity index (χ1n) is 11.1. The Labute approximate surface area is 196 Å². The number of hydrogen-bond acceptors (Lipinski definition) is 5. The Kier molecular flexibility index (Phi) is 11.5. The number of carboxylic acid groups (broad SMARTS) is 1. The Balaban J connectivity index is 1.72. The van der Waals surface area contributed by atoms with Crippen molar-refractivity contribution in [1.29, 1.82) is 0 Å². The molecule has 2 N–H and O–H groups in total. The van der Waals surface area contributed by atoms with Crippen molar-refractivity contribution in [2.45, 2.75) is 69.9 Å². The van der Waals surface area contributed by atoms with E-state index in [1.54, 1.807) is 30.0 Å². The predicted octanol–water partition coefficient (Wildman–Crippen LogP) is 4.04. The van der Waals surface area contributed by atoms with Gasteiger partial charge in [0.15, 0.2) is 0 Å². The van der Waals surface area contributed by atoms with Crippen molar-refractivity contribution in [2.24, 2.45) is 0 Å². The van der Waals surface area contributed by atoms with Crippen LogP contribution >= 0.6 is 11.8 Å². The number of halogens is 3. The van der Waals surface area contributed by atoms with Crippen molar-refractivity contribution in [3.8, 4) is 0 Å². The minimum atomic E-state index is -4.36. The second-order valence-electron chi connectivity index (χ2n) is 8.25. The molecule has 10 heteroatoms. The van der Waals surface area contributed by atoms with Crippen LogP contribution in [0.4, 0.5) is 13.2 Å². The Morgan fingerprint density at radius 3 is 2.76 bits per heavy atom. The third kappa shape index (κ3) is 11.3. The number of aliphatic carboxylic acids is 1. The van der Waals surface area contributed by atoms with Gasteiger partial charge in [-0.15, -0.1) is 0 Å². The number of alkyl halides is 3. The minimum Gasteiger partial charge on any atom is -0.481 e. The maximum absolute atomic E-state index is 12.2. The molecule has 1 aliphatic rings. The molecule has 1 saturated heterocycles. The van der Waals surface area contributed by atoms with Crippen LogP contribution in [0, 0.1) is 0 Å². The third-order valence-corrected chi connectivity index (χ3v) is 6.49. The van der Waals surface area contributed by atoms with Crippen molar-refractivity contribution in [3.63, 3.8) is 0 Å². The lowest BCUT2D eigenvalue weighted by molar-refractivity contribution is -0.176. The number of likely N-dealkylation sites (tertiary alicyclic amines) is 1. The molecule has 1 aromatic rings. The normalized spacial score (nSPS) is 17.5. The fourth-order valence-corrected chi connectivity index (χ4v) is 4.76. The SMILES string of the molecule is O=C(O)CCCSCCN1C(=O)CC[C@@H]1CC[C@@H](O)Cc1cccc(COCC(F)(F)F)c1. The summed E-state index contributed by atoms with van der Waals surface area (Å²) in [5, 5.41) is 19.1. The summed E-state index contributed by atoms with van der Waals surface area (Å²) in [5.74, 6) is 0.823. The van der Waals surface area contributed by atoms with Gasteiger partial charge < -0.3 is 19.8 Å². The Bertz CT molecular complexity index is 762. The largest absolute Gasteiger partial charge is 0.481 e. The number of nitrogens with zero attached hydrogens (tertiary/aromatic N) is 1. The smallest absolute Gasteiger partial charge is 0.411 e. The number of ether oxygens (including phenoxy) is 1. The van der Waals surface area contributed by atoms with Gasteiger partial charge in [0.25, 0.3) is 0 Å². The molecule has 0 spiro atoms. The molecule has 2 rings (SSSR count). The van der Waals surface area contributed by atoms with Crippen molar-refractivity contribution in [1.82, 2.24) is 4.90 Å².